The fraction of sp³-hybridized carbons (Fsp3) is 0.467. The monoisotopic (exact) mass is 292 g/mol. The van der Waals surface area contributed by atoms with Crippen LogP contribution >= 0.6 is 11.6 Å². The first-order valence-corrected chi connectivity index (χ1v) is 7.14. The Balaban J connectivity index is 2.07. The molecule has 0 aliphatic carbocycles. The molecule has 0 aromatic heterocycles. The third-order valence-corrected chi connectivity index (χ3v) is 3.62. The second-order valence-corrected chi connectivity index (χ2v) is 5.33. The third-order valence-electron chi connectivity index (χ3n) is 3.38. The van der Waals surface area contributed by atoms with Gasteiger partial charge in [-0.1, -0.05) is 11.6 Å². The Bertz CT molecular complexity index is 533. The number of nitrogens with zero attached hydrogens (tertiary/aromatic N) is 2. The molecule has 1 amide bonds. The summed E-state index contributed by atoms with van der Waals surface area (Å²) in [7, 11) is 0. The van der Waals surface area contributed by atoms with Gasteiger partial charge in [-0.05, 0) is 38.3 Å². The number of carbonyl (C=O) groups is 1. The standard InChI is InChI=1S/C15H17ClN2O2/c1-11(15(19)18-7-3-2-4-8-18)20-14-9-13(16)6-5-12(14)10-17/h5-6,9,11H,2-4,7-8H2,1H3. The Labute approximate surface area is 123 Å². The lowest BCUT2D eigenvalue weighted by Gasteiger charge is -2.29. The van der Waals surface area contributed by atoms with Crippen molar-refractivity contribution >= 4 is 17.5 Å². The van der Waals surface area contributed by atoms with Gasteiger partial charge in [-0.2, -0.15) is 5.26 Å². The molecule has 1 aromatic rings. The van der Waals surface area contributed by atoms with E-state index in [1.54, 1.807) is 25.1 Å². The Kier molecular flexibility index (Phi) is 4.86. The maximum absolute atomic E-state index is 12.3. The van der Waals surface area contributed by atoms with E-state index in [1.165, 1.54) is 6.42 Å². The minimum Gasteiger partial charge on any atom is -0.479 e. The quantitative estimate of drug-likeness (QED) is 0.860. The van der Waals surface area contributed by atoms with Crippen molar-refractivity contribution in [3.05, 3.63) is 28.8 Å². The van der Waals surface area contributed by atoms with Crippen LogP contribution in [0.4, 0.5) is 0 Å². The van der Waals surface area contributed by atoms with Gasteiger partial charge in [0, 0.05) is 24.2 Å². The van der Waals surface area contributed by atoms with Crippen LogP contribution < -0.4 is 4.74 Å². The summed E-state index contributed by atoms with van der Waals surface area (Å²) in [6.45, 7) is 3.28. The molecular formula is C15H17ClN2O2. The highest BCUT2D eigenvalue weighted by molar-refractivity contribution is 6.30. The molecular weight excluding hydrogens is 276 g/mol. The summed E-state index contributed by atoms with van der Waals surface area (Å²) in [6, 6.07) is 6.83. The predicted octanol–water partition coefficient (Wildman–Crippen LogP) is 2.99. The number of nitriles is 1. The molecule has 0 saturated carbocycles. The molecule has 1 aromatic carbocycles. The molecule has 106 valence electrons. The Hall–Kier alpha value is -1.73. The van der Waals surface area contributed by atoms with Crippen molar-refractivity contribution in [3.63, 3.8) is 0 Å². The maximum Gasteiger partial charge on any atom is 0.263 e. The van der Waals surface area contributed by atoms with Gasteiger partial charge in [0.1, 0.15) is 11.8 Å². The van der Waals surface area contributed by atoms with Crippen molar-refractivity contribution in [3.8, 4) is 11.8 Å². The van der Waals surface area contributed by atoms with Gasteiger partial charge < -0.3 is 9.64 Å². The fourth-order valence-electron chi connectivity index (χ4n) is 2.30. The molecule has 1 heterocycles. The summed E-state index contributed by atoms with van der Waals surface area (Å²) < 4.78 is 5.63. The third kappa shape index (κ3) is 3.43. The lowest BCUT2D eigenvalue weighted by atomic mass is 10.1. The highest BCUT2D eigenvalue weighted by Crippen LogP contribution is 2.24. The van der Waals surface area contributed by atoms with Gasteiger partial charge in [0.15, 0.2) is 6.10 Å². The number of benzene rings is 1. The van der Waals surface area contributed by atoms with Crippen molar-refractivity contribution in [1.29, 1.82) is 5.26 Å². The summed E-state index contributed by atoms with van der Waals surface area (Å²) in [5.74, 6) is 0.325. The van der Waals surface area contributed by atoms with Crippen molar-refractivity contribution in [1.82, 2.24) is 4.90 Å². The average Bonchev–Trinajstić information content (AvgIpc) is 2.47. The summed E-state index contributed by atoms with van der Waals surface area (Å²) >= 11 is 5.90. The lowest BCUT2D eigenvalue weighted by Crippen LogP contribution is -2.43. The van der Waals surface area contributed by atoms with Crippen molar-refractivity contribution < 1.29 is 9.53 Å². The summed E-state index contributed by atoms with van der Waals surface area (Å²) in [4.78, 5) is 14.1. The zero-order valence-electron chi connectivity index (χ0n) is 11.4. The second-order valence-electron chi connectivity index (χ2n) is 4.90. The van der Waals surface area contributed by atoms with Crippen LogP contribution in [0.1, 0.15) is 31.7 Å². The smallest absolute Gasteiger partial charge is 0.263 e. The van der Waals surface area contributed by atoms with Crippen molar-refractivity contribution in [2.75, 3.05) is 13.1 Å². The van der Waals surface area contributed by atoms with E-state index in [0.717, 1.165) is 25.9 Å². The molecule has 1 unspecified atom stereocenters. The summed E-state index contributed by atoms with van der Waals surface area (Å²) in [6.07, 6.45) is 2.64. The van der Waals surface area contributed by atoms with Gasteiger partial charge >= 0.3 is 0 Å². The topological polar surface area (TPSA) is 53.3 Å². The number of ether oxygens (including phenoxy) is 1. The second kappa shape index (κ2) is 6.62. The van der Waals surface area contributed by atoms with E-state index in [-0.39, 0.29) is 5.91 Å². The van der Waals surface area contributed by atoms with Gasteiger partial charge in [-0.15, -0.1) is 0 Å². The average molecular weight is 293 g/mol. The molecule has 1 aliphatic heterocycles. The molecule has 0 spiro atoms. The van der Waals surface area contributed by atoms with E-state index in [0.29, 0.717) is 16.3 Å². The van der Waals surface area contributed by atoms with Gasteiger partial charge in [-0.25, -0.2) is 0 Å². The zero-order chi connectivity index (χ0) is 14.5. The maximum atomic E-state index is 12.3. The van der Waals surface area contributed by atoms with E-state index in [9.17, 15) is 4.79 Å². The Morgan fingerprint density at radius 3 is 2.75 bits per heavy atom. The number of amides is 1. The van der Waals surface area contributed by atoms with E-state index in [1.807, 2.05) is 11.0 Å². The molecule has 5 heteroatoms. The van der Waals surface area contributed by atoms with Crippen molar-refractivity contribution in [2.24, 2.45) is 0 Å². The zero-order valence-corrected chi connectivity index (χ0v) is 12.2. The van der Waals surface area contributed by atoms with Crippen LogP contribution in [0.5, 0.6) is 5.75 Å². The molecule has 1 fully saturated rings. The minimum absolute atomic E-state index is 0.0337. The normalized spacial score (nSPS) is 16.4. The first kappa shape index (κ1) is 14.7. The SMILES string of the molecule is CC(Oc1cc(Cl)ccc1C#N)C(=O)N1CCCCC1. The molecule has 20 heavy (non-hydrogen) atoms. The predicted molar refractivity (Wildman–Crippen MR) is 76.7 cm³/mol. The molecule has 1 aliphatic rings. The van der Waals surface area contributed by atoms with Crippen LogP contribution in [0.15, 0.2) is 18.2 Å². The minimum atomic E-state index is -0.612. The van der Waals surface area contributed by atoms with Gasteiger partial charge in [0.2, 0.25) is 0 Å². The molecule has 2 rings (SSSR count). The van der Waals surface area contributed by atoms with E-state index in [2.05, 4.69) is 0 Å². The highest BCUT2D eigenvalue weighted by Gasteiger charge is 2.24. The molecule has 1 atom stereocenters. The molecule has 0 radical (unpaired) electrons. The van der Waals surface area contributed by atoms with Crippen LogP contribution in [0.25, 0.3) is 0 Å². The van der Waals surface area contributed by atoms with E-state index >= 15 is 0 Å². The number of rotatable bonds is 3. The summed E-state index contributed by atoms with van der Waals surface area (Å²) in [5.41, 5.74) is 0.382. The van der Waals surface area contributed by atoms with Crippen LogP contribution in [0.3, 0.4) is 0 Å². The van der Waals surface area contributed by atoms with Crippen LogP contribution in [-0.2, 0) is 4.79 Å². The van der Waals surface area contributed by atoms with Gasteiger partial charge in [0.25, 0.3) is 5.91 Å². The highest BCUT2D eigenvalue weighted by atomic mass is 35.5. The number of hydrogen-bond donors (Lipinski definition) is 0. The largest absolute Gasteiger partial charge is 0.479 e. The first-order valence-electron chi connectivity index (χ1n) is 6.77. The number of likely N-dealkylation sites (tertiary alicyclic amines) is 1. The van der Waals surface area contributed by atoms with Crippen LogP contribution in [0, 0.1) is 11.3 Å². The number of piperidine rings is 1. The number of carbonyl (C=O) groups excluding carboxylic acids is 1. The number of hydrogen-bond acceptors (Lipinski definition) is 3. The molecule has 1 saturated heterocycles. The first-order chi connectivity index (χ1) is 9.61. The Morgan fingerprint density at radius 2 is 2.10 bits per heavy atom. The van der Waals surface area contributed by atoms with Crippen LogP contribution in [0.2, 0.25) is 5.02 Å². The van der Waals surface area contributed by atoms with Crippen molar-refractivity contribution in [2.45, 2.75) is 32.3 Å². The van der Waals surface area contributed by atoms with Gasteiger partial charge in [-0.3, -0.25) is 4.79 Å². The summed E-state index contributed by atoms with van der Waals surface area (Å²) in [5, 5.41) is 9.52. The molecule has 0 bridgehead atoms. The lowest BCUT2D eigenvalue weighted by molar-refractivity contribution is -0.138. The number of halogens is 1. The molecule has 4 nitrogen and oxygen atoms in total. The van der Waals surface area contributed by atoms with Crippen LogP contribution in [-0.4, -0.2) is 30.0 Å². The Morgan fingerprint density at radius 1 is 1.40 bits per heavy atom. The van der Waals surface area contributed by atoms with E-state index < -0.39 is 6.10 Å². The molecule has 0 N–H and O–H groups in total. The van der Waals surface area contributed by atoms with E-state index in [4.69, 9.17) is 21.6 Å². The van der Waals surface area contributed by atoms with Gasteiger partial charge in [0.05, 0.1) is 5.56 Å². The fourth-order valence-corrected chi connectivity index (χ4v) is 2.46.